The van der Waals surface area contributed by atoms with Gasteiger partial charge in [-0.25, -0.2) is 0 Å². The minimum atomic E-state index is 1.16. The molecule has 8 rings (SSSR count). The number of anilines is 3. The van der Waals surface area contributed by atoms with Crippen LogP contribution in [0, 0.1) is 13.8 Å². The summed E-state index contributed by atoms with van der Waals surface area (Å²) in [5, 5.41) is 7.76. The first-order chi connectivity index (χ1) is 19.2. The quantitative estimate of drug-likeness (QED) is 0.219. The van der Waals surface area contributed by atoms with Crippen LogP contribution in [0.2, 0.25) is 0 Å². The zero-order valence-corrected chi connectivity index (χ0v) is 22.1. The zero-order valence-electron chi connectivity index (χ0n) is 22.1. The Labute approximate surface area is 228 Å². The lowest BCUT2D eigenvalue weighted by Crippen LogP contribution is -2.11. The number of hydrogen-bond acceptors (Lipinski definition) is 1. The van der Waals surface area contributed by atoms with Gasteiger partial charge in [-0.05, 0) is 88.7 Å². The molecule has 0 unspecified atom stereocenters. The van der Waals surface area contributed by atoms with E-state index in [0.717, 1.165) is 11.4 Å². The highest BCUT2D eigenvalue weighted by Gasteiger charge is 2.28. The third-order valence-electron chi connectivity index (χ3n) is 8.27. The van der Waals surface area contributed by atoms with Gasteiger partial charge in [0.1, 0.15) is 0 Å². The smallest absolute Gasteiger partial charge is 0.0619 e. The van der Waals surface area contributed by atoms with Gasteiger partial charge in [-0.15, -0.1) is 0 Å². The molecule has 0 radical (unpaired) electrons. The predicted octanol–water partition coefficient (Wildman–Crippen LogP) is 10.9. The molecule has 1 nitrogen and oxygen atoms in total. The molecule has 0 amide bonds. The molecule has 0 N–H and O–H groups in total. The lowest BCUT2D eigenvalue weighted by Gasteiger charge is -2.29. The van der Waals surface area contributed by atoms with Crippen LogP contribution in [-0.2, 0) is 0 Å². The van der Waals surface area contributed by atoms with Crippen LogP contribution >= 0.6 is 0 Å². The minimum absolute atomic E-state index is 1.16. The number of rotatable bonds is 3. The van der Waals surface area contributed by atoms with Crippen molar-refractivity contribution < 1.29 is 0 Å². The number of aryl methyl sites for hydroxylation is 2. The second kappa shape index (κ2) is 8.31. The van der Waals surface area contributed by atoms with Crippen molar-refractivity contribution >= 4 is 49.4 Å². The van der Waals surface area contributed by atoms with E-state index >= 15 is 0 Å². The molecule has 0 aliphatic heterocycles. The molecule has 39 heavy (non-hydrogen) atoms. The SMILES string of the molecule is Cc1ccc(N(c2ccc(C)cc2)c2c3ccccc3c3c4c(cccc24)-c2cc4ccccc4cc2-3)cc1. The molecule has 7 aromatic rings. The highest BCUT2D eigenvalue weighted by molar-refractivity contribution is 6.30. The topological polar surface area (TPSA) is 3.24 Å². The van der Waals surface area contributed by atoms with Crippen molar-refractivity contribution in [3.63, 3.8) is 0 Å². The maximum atomic E-state index is 2.45. The largest absolute Gasteiger partial charge is 0.309 e. The van der Waals surface area contributed by atoms with Gasteiger partial charge in [0.15, 0.2) is 0 Å². The van der Waals surface area contributed by atoms with Crippen molar-refractivity contribution in [2.45, 2.75) is 13.8 Å². The van der Waals surface area contributed by atoms with E-state index in [2.05, 4.69) is 146 Å². The summed E-state index contributed by atoms with van der Waals surface area (Å²) in [5.74, 6) is 0. The Morgan fingerprint density at radius 3 is 1.62 bits per heavy atom. The molecule has 0 spiro atoms. The highest BCUT2D eigenvalue weighted by atomic mass is 15.1. The van der Waals surface area contributed by atoms with Gasteiger partial charge in [0.2, 0.25) is 0 Å². The minimum Gasteiger partial charge on any atom is -0.309 e. The van der Waals surface area contributed by atoms with Crippen molar-refractivity contribution in [3.8, 4) is 22.3 Å². The maximum Gasteiger partial charge on any atom is 0.0619 e. The first-order valence-corrected chi connectivity index (χ1v) is 13.6. The predicted molar refractivity (Wildman–Crippen MR) is 168 cm³/mol. The molecular weight excluding hydrogens is 470 g/mol. The molecular formula is C38H27N. The average Bonchev–Trinajstić information content (AvgIpc) is 3.30. The monoisotopic (exact) mass is 497 g/mol. The second-order valence-electron chi connectivity index (χ2n) is 10.7. The van der Waals surface area contributed by atoms with E-state index in [4.69, 9.17) is 0 Å². The Morgan fingerprint density at radius 2 is 0.974 bits per heavy atom. The molecule has 184 valence electrons. The number of nitrogens with zero attached hydrogens (tertiary/aromatic N) is 1. The lowest BCUT2D eigenvalue weighted by molar-refractivity contribution is 1.29. The van der Waals surface area contributed by atoms with Crippen LogP contribution in [-0.4, -0.2) is 0 Å². The molecule has 1 aliphatic rings. The summed E-state index contributed by atoms with van der Waals surface area (Å²) in [6.45, 7) is 4.30. The fourth-order valence-electron chi connectivity index (χ4n) is 6.42. The van der Waals surface area contributed by atoms with Crippen LogP contribution in [0.1, 0.15) is 11.1 Å². The van der Waals surface area contributed by atoms with E-state index in [-0.39, 0.29) is 0 Å². The fraction of sp³-hybridized carbons (Fsp3) is 0.0526. The number of hydrogen-bond donors (Lipinski definition) is 0. The Kier molecular flexibility index (Phi) is 4.72. The molecule has 0 saturated carbocycles. The summed E-state index contributed by atoms with van der Waals surface area (Å²) in [5.41, 5.74) is 11.4. The van der Waals surface area contributed by atoms with Gasteiger partial charge < -0.3 is 4.90 Å². The van der Waals surface area contributed by atoms with Gasteiger partial charge in [-0.2, -0.15) is 0 Å². The number of benzene rings is 7. The van der Waals surface area contributed by atoms with Crippen LogP contribution in [0.3, 0.4) is 0 Å². The number of fused-ring (bicyclic) bond motifs is 6. The molecule has 0 heterocycles. The summed E-state index contributed by atoms with van der Waals surface area (Å²) < 4.78 is 0. The third kappa shape index (κ3) is 3.26. The summed E-state index contributed by atoms with van der Waals surface area (Å²) in [6, 6.07) is 47.1. The van der Waals surface area contributed by atoms with Crippen LogP contribution in [0.5, 0.6) is 0 Å². The molecule has 1 heteroatoms. The first-order valence-electron chi connectivity index (χ1n) is 13.6. The van der Waals surface area contributed by atoms with Crippen molar-refractivity contribution in [2.24, 2.45) is 0 Å². The Bertz CT molecular complexity index is 2020. The normalized spacial score (nSPS) is 11.8. The van der Waals surface area contributed by atoms with Crippen LogP contribution < -0.4 is 4.90 Å². The molecule has 0 atom stereocenters. The fourth-order valence-corrected chi connectivity index (χ4v) is 6.42. The Morgan fingerprint density at radius 1 is 0.436 bits per heavy atom. The zero-order chi connectivity index (χ0) is 26.1. The average molecular weight is 498 g/mol. The van der Waals surface area contributed by atoms with Gasteiger partial charge in [0, 0.05) is 27.5 Å². The summed E-state index contributed by atoms with van der Waals surface area (Å²) in [6.07, 6.45) is 0. The van der Waals surface area contributed by atoms with Gasteiger partial charge in [-0.1, -0.05) is 102 Å². The van der Waals surface area contributed by atoms with Crippen molar-refractivity contribution in [1.82, 2.24) is 0 Å². The maximum absolute atomic E-state index is 2.45. The lowest BCUT2D eigenvalue weighted by atomic mass is 9.92. The Hall–Kier alpha value is -4.88. The summed E-state index contributed by atoms with van der Waals surface area (Å²) in [4.78, 5) is 2.45. The van der Waals surface area contributed by atoms with E-state index in [9.17, 15) is 0 Å². The van der Waals surface area contributed by atoms with Gasteiger partial charge in [0.05, 0.1) is 5.69 Å². The van der Waals surface area contributed by atoms with Crippen molar-refractivity contribution in [1.29, 1.82) is 0 Å². The van der Waals surface area contributed by atoms with Crippen molar-refractivity contribution in [3.05, 3.63) is 139 Å². The van der Waals surface area contributed by atoms with Gasteiger partial charge >= 0.3 is 0 Å². The second-order valence-corrected chi connectivity index (χ2v) is 10.7. The molecule has 0 saturated heterocycles. The third-order valence-corrected chi connectivity index (χ3v) is 8.27. The van der Waals surface area contributed by atoms with Crippen LogP contribution in [0.4, 0.5) is 17.1 Å². The van der Waals surface area contributed by atoms with Crippen molar-refractivity contribution in [2.75, 3.05) is 4.90 Å². The van der Waals surface area contributed by atoms with E-state index in [1.165, 1.54) is 71.4 Å². The van der Waals surface area contributed by atoms with E-state index < -0.39 is 0 Å². The summed E-state index contributed by atoms with van der Waals surface area (Å²) in [7, 11) is 0. The summed E-state index contributed by atoms with van der Waals surface area (Å²) >= 11 is 0. The standard InChI is InChI=1S/C38H27N/c1-24-14-18-28(19-15-24)39(29-20-16-25(2)17-21-29)38-32-11-6-5-10-30(32)37-35-23-27-9-4-3-8-26(27)22-34(35)31-12-7-13-33(38)36(31)37/h3-23H,1-2H3. The molecule has 0 bridgehead atoms. The van der Waals surface area contributed by atoms with E-state index in [0.29, 0.717) is 0 Å². The van der Waals surface area contributed by atoms with Gasteiger partial charge in [-0.3, -0.25) is 0 Å². The Balaban J connectivity index is 1.53. The van der Waals surface area contributed by atoms with Crippen LogP contribution in [0.25, 0.3) is 54.6 Å². The molecule has 0 aromatic heterocycles. The van der Waals surface area contributed by atoms with E-state index in [1.807, 2.05) is 0 Å². The molecule has 7 aromatic carbocycles. The highest BCUT2D eigenvalue weighted by Crippen LogP contribution is 2.55. The molecule has 1 aliphatic carbocycles. The molecule has 0 fully saturated rings. The van der Waals surface area contributed by atoms with E-state index in [1.54, 1.807) is 0 Å². The first kappa shape index (κ1) is 22.1. The van der Waals surface area contributed by atoms with Crippen LogP contribution in [0.15, 0.2) is 127 Å². The van der Waals surface area contributed by atoms with Gasteiger partial charge in [0.25, 0.3) is 0 Å².